The summed E-state index contributed by atoms with van der Waals surface area (Å²) in [5.41, 5.74) is 6.37. The van der Waals surface area contributed by atoms with E-state index in [-0.39, 0.29) is 34.4 Å². The molecule has 2 heterocycles. The van der Waals surface area contributed by atoms with Gasteiger partial charge in [0, 0.05) is 30.1 Å². The third-order valence-corrected chi connectivity index (χ3v) is 7.14. The van der Waals surface area contributed by atoms with Crippen molar-refractivity contribution in [2.75, 3.05) is 11.3 Å². The molecule has 0 aliphatic heterocycles. The van der Waals surface area contributed by atoms with Crippen LogP contribution in [-0.2, 0) is 14.8 Å². The van der Waals surface area contributed by atoms with Crippen LogP contribution in [0, 0.1) is 17.3 Å². The number of aliphatic carboxylic acids is 1. The molecule has 3 aromatic rings. The van der Waals surface area contributed by atoms with Crippen molar-refractivity contribution < 1.29 is 23.1 Å². The molecular formula is C24H24N6O5S2. The van der Waals surface area contributed by atoms with Crippen LogP contribution in [0.15, 0.2) is 65.1 Å². The summed E-state index contributed by atoms with van der Waals surface area (Å²) in [5, 5.41) is 23.1. The highest BCUT2D eigenvalue weighted by atomic mass is 32.2. The van der Waals surface area contributed by atoms with Crippen LogP contribution in [0.1, 0.15) is 33.6 Å². The molecule has 0 spiro atoms. The lowest BCUT2D eigenvalue weighted by molar-refractivity contribution is -0.139. The number of sulfonamides is 1. The molecule has 0 aliphatic carbocycles. The van der Waals surface area contributed by atoms with Gasteiger partial charge in [-0.25, -0.2) is 13.2 Å². The highest BCUT2D eigenvalue weighted by Crippen LogP contribution is 2.26. The molecule has 3 rings (SSSR count). The predicted octanol–water partition coefficient (Wildman–Crippen LogP) is 1.79. The molecule has 0 aliphatic rings. The fourth-order valence-corrected chi connectivity index (χ4v) is 5.04. The average molecular weight is 541 g/mol. The molecular weight excluding hydrogens is 516 g/mol. The first-order valence-corrected chi connectivity index (χ1v) is 13.3. The maximum absolute atomic E-state index is 13.0. The van der Waals surface area contributed by atoms with E-state index in [1.165, 1.54) is 23.6 Å². The quantitative estimate of drug-likeness (QED) is 0.0971. The first-order chi connectivity index (χ1) is 17.7. The monoisotopic (exact) mass is 540 g/mol. The summed E-state index contributed by atoms with van der Waals surface area (Å²) in [7, 11) is -4.08. The molecule has 192 valence electrons. The fourth-order valence-electron chi connectivity index (χ4n) is 3.10. The fraction of sp³-hybridized carbons (Fsp3) is 0.167. The number of rotatable bonds is 10. The maximum atomic E-state index is 13.0. The average Bonchev–Trinajstić information content (AvgIpc) is 3.32. The number of hydrogen-bond acceptors (Lipinski definition) is 7. The number of carbonyl (C=O) groups excluding carboxylic acids is 1. The Labute approximate surface area is 217 Å². The van der Waals surface area contributed by atoms with Gasteiger partial charge in [-0.05, 0) is 54.6 Å². The van der Waals surface area contributed by atoms with Gasteiger partial charge in [0.15, 0.2) is 5.96 Å². The molecule has 2 aromatic heterocycles. The SMILES string of the molecule is N=C(N)NCCC[C@H](NC(=O)c1sccc1NS(=O)(=O)c1cccc(C#Cc2cccnc2)c1)C(=O)O. The van der Waals surface area contributed by atoms with Crippen molar-refractivity contribution in [3.05, 3.63) is 76.2 Å². The van der Waals surface area contributed by atoms with Gasteiger partial charge in [0.25, 0.3) is 15.9 Å². The molecule has 0 bridgehead atoms. The Bertz CT molecular complexity index is 1440. The van der Waals surface area contributed by atoms with Crippen LogP contribution in [-0.4, -0.2) is 48.9 Å². The van der Waals surface area contributed by atoms with E-state index >= 15 is 0 Å². The van der Waals surface area contributed by atoms with Gasteiger partial charge in [-0.15, -0.1) is 11.3 Å². The van der Waals surface area contributed by atoms with Gasteiger partial charge in [-0.3, -0.25) is 19.9 Å². The Kier molecular flexibility index (Phi) is 9.20. The largest absolute Gasteiger partial charge is 0.480 e. The number of hydrogen-bond donors (Lipinski definition) is 6. The summed E-state index contributed by atoms with van der Waals surface area (Å²) >= 11 is 0.971. The van der Waals surface area contributed by atoms with E-state index in [4.69, 9.17) is 11.1 Å². The molecule has 1 aromatic carbocycles. The number of carboxylic acids is 1. The Morgan fingerprint density at radius 1 is 1.16 bits per heavy atom. The highest BCUT2D eigenvalue weighted by Gasteiger charge is 2.24. The number of guanidine groups is 1. The van der Waals surface area contributed by atoms with Crippen molar-refractivity contribution in [2.24, 2.45) is 5.73 Å². The first-order valence-electron chi connectivity index (χ1n) is 10.9. The van der Waals surface area contributed by atoms with Crippen LogP contribution in [0.5, 0.6) is 0 Å². The van der Waals surface area contributed by atoms with Crippen LogP contribution >= 0.6 is 11.3 Å². The van der Waals surface area contributed by atoms with Crippen molar-refractivity contribution in [2.45, 2.75) is 23.8 Å². The van der Waals surface area contributed by atoms with Crippen molar-refractivity contribution in [1.29, 1.82) is 5.41 Å². The Morgan fingerprint density at radius 3 is 2.62 bits per heavy atom. The molecule has 1 atom stereocenters. The summed E-state index contributed by atoms with van der Waals surface area (Å²) < 4.78 is 28.5. The van der Waals surface area contributed by atoms with Gasteiger partial charge in [0.2, 0.25) is 0 Å². The van der Waals surface area contributed by atoms with E-state index in [0.29, 0.717) is 17.5 Å². The van der Waals surface area contributed by atoms with Crippen LogP contribution in [0.3, 0.4) is 0 Å². The Morgan fingerprint density at radius 2 is 1.92 bits per heavy atom. The normalized spacial score (nSPS) is 11.5. The molecule has 13 heteroatoms. The molecule has 0 saturated carbocycles. The standard InChI is InChI=1S/C24H24N6O5S2/c25-24(26)28-12-3-7-20(23(32)33)29-22(31)21-19(10-13-36-21)30-37(34,35)18-6-1-4-16(14-18)8-9-17-5-2-11-27-15-17/h1-2,4-6,10-11,13-15,20,30H,3,7,12H2,(H,29,31)(H,32,33)(H4,25,26,28)/t20-/m0/s1. The maximum Gasteiger partial charge on any atom is 0.326 e. The van der Waals surface area contributed by atoms with E-state index in [0.717, 1.165) is 11.3 Å². The smallest absolute Gasteiger partial charge is 0.326 e. The minimum Gasteiger partial charge on any atom is -0.480 e. The van der Waals surface area contributed by atoms with Gasteiger partial charge in [0.05, 0.1) is 10.6 Å². The van der Waals surface area contributed by atoms with E-state index in [1.807, 2.05) is 0 Å². The molecule has 0 radical (unpaired) electrons. The lowest BCUT2D eigenvalue weighted by Gasteiger charge is -2.15. The molecule has 1 amide bonds. The number of amides is 1. The summed E-state index contributed by atoms with van der Waals surface area (Å²) in [4.78, 5) is 28.3. The number of carboxylic acid groups (broad SMARTS) is 1. The van der Waals surface area contributed by atoms with Crippen LogP contribution in [0.2, 0.25) is 0 Å². The third kappa shape index (κ3) is 8.06. The van der Waals surface area contributed by atoms with Gasteiger partial charge < -0.3 is 21.5 Å². The number of anilines is 1. The number of carbonyl (C=O) groups is 2. The third-order valence-electron chi connectivity index (χ3n) is 4.86. The van der Waals surface area contributed by atoms with E-state index in [9.17, 15) is 23.1 Å². The van der Waals surface area contributed by atoms with E-state index in [1.54, 1.807) is 36.7 Å². The number of nitrogens with two attached hydrogens (primary N) is 1. The van der Waals surface area contributed by atoms with Crippen molar-refractivity contribution in [3.8, 4) is 11.8 Å². The van der Waals surface area contributed by atoms with Gasteiger partial charge >= 0.3 is 5.97 Å². The van der Waals surface area contributed by atoms with Gasteiger partial charge in [0.1, 0.15) is 10.9 Å². The lowest BCUT2D eigenvalue weighted by atomic mass is 10.1. The Hall–Kier alpha value is -4.41. The summed E-state index contributed by atoms with van der Waals surface area (Å²) in [5.74, 6) is 3.61. The number of benzene rings is 1. The van der Waals surface area contributed by atoms with Crippen LogP contribution in [0.25, 0.3) is 0 Å². The molecule has 11 nitrogen and oxygen atoms in total. The van der Waals surface area contributed by atoms with Gasteiger partial charge in [-0.1, -0.05) is 17.9 Å². The Balaban J connectivity index is 1.72. The molecule has 37 heavy (non-hydrogen) atoms. The summed E-state index contributed by atoms with van der Waals surface area (Å²) in [6.07, 6.45) is 3.64. The molecule has 0 fully saturated rings. The number of thiophene rings is 1. The number of nitrogens with zero attached hydrogens (tertiary/aromatic N) is 1. The minimum atomic E-state index is -4.08. The lowest BCUT2D eigenvalue weighted by Crippen LogP contribution is -2.41. The second-order valence-electron chi connectivity index (χ2n) is 7.64. The molecule has 0 saturated heterocycles. The number of pyridine rings is 1. The second kappa shape index (κ2) is 12.5. The number of nitrogens with one attached hydrogen (secondary N) is 4. The van der Waals surface area contributed by atoms with Crippen LogP contribution < -0.4 is 21.1 Å². The highest BCUT2D eigenvalue weighted by molar-refractivity contribution is 7.92. The van der Waals surface area contributed by atoms with Crippen LogP contribution in [0.4, 0.5) is 5.69 Å². The molecule has 0 unspecified atom stereocenters. The summed E-state index contributed by atoms with van der Waals surface area (Å²) in [6.45, 7) is 0.269. The van der Waals surface area contributed by atoms with Crippen molar-refractivity contribution in [1.82, 2.24) is 15.6 Å². The zero-order valence-corrected chi connectivity index (χ0v) is 21.0. The topological polar surface area (TPSA) is 187 Å². The van der Waals surface area contributed by atoms with Crippen molar-refractivity contribution in [3.63, 3.8) is 0 Å². The zero-order chi connectivity index (χ0) is 26.8. The second-order valence-corrected chi connectivity index (χ2v) is 10.2. The number of aromatic nitrogens is 1. The van der Waals surface area contributed by atoms with E-state index in [2.05, 4.69) is 32.2 Å². The summed E-state index contributed by atoms with van der Waals surface area (Å²) in [6, 6.07) is 9.79. The van der Waals surface area contributed by atoms with E-state index < -0.39 is 27.9 Å². The zero-order valence-electron chi connectivity index (χ0n) is 19.4. The van der Waals surface area contributed by atoms with Crippen molar-refractivity contribution >= 4 is 44.9 Å². The first kappa shape index (κ1) is 27.2. The predicted molar refractivity (Wildman–Crippen MR) is 140 cm³/mol. The molecule has 7 N–H and O–H groups in total. The minimum absolute atomic E-state index is 0.0178. The van der Waals surface area contributed by atoms with Gasteiger partial charge in [-0.2, -0.15) is 0 Å².